The zero-order chi connectivity index (χ0) is 13.2. The van der Waals surface area contributed by atoms with E-state index < -0.39 is 0 Å². The van der Waals surface area contributed by atoms with Crippen LogP contribution in [0.1, 0.15) is 32.9 Å². The number of aromatic nitrogens is 1. The molecule has 0 spiro atoms. The molecule has 0 aliphatic carbocycles. The zero-order valence-electron chi connectivity index (χ0n) is 11.0. The molecular formula is C15H18ClNS. The number of nitrogens with zero attached hydrogens (tertiary/aromatic N) is 1. The number of halogens is 1. The van der Waals surface area contributed by atoms with Crippen LogP contribution in [0.4, 0.5) is 0 Å². The summed E-state index contributed by atoms with van der Waals surface area (Å²) in [6.45, 7) is 6.77. The van der Waals surface area contributed by atoms with Gasteiger partial charge in [-0.2, -0.15) is 0 Å². The first-order chi connectivity index (χ1) is 8.46. The van der Waals surface area contributed by atoms with Crippen molar-refractivity contribution in [2.75, 3.05) is 0 Å². The molecule has 0 atom stereocenters. The molecule has 2 rings (SSSR count). The molecule has 96 valence electrons. The monoisotopic (exact) mass is 279 g/mol. The van der Waals surface area contributed by atoms with Crippen molar-refractivity contribution in [2.45, 2.75) is 33.6 Å². The van der Waals surface area contributed by atoms with Gasteiger partial charge in [-0.15, -0.1) is 11.3 Å². The highest BCUT2D eigenvalue weighted by Crippen LogP contribution is 2.31. The molecule has 3 heteroatoms. The van der Waals surface area contributed by atoms with E-state index in [-0.39, 0.29) is 0 Å². The summed E-state index contributed by atoms with van der Waals surface area (Å²) in [6, 6.07) is 7.87. The van der Waals surface area contributed by atoms with E-state index in [9.17, 15) is 0 Å². The lowest BCUT2D eigenvalue weighted by Gasteiger charge is -2.16. The van der Waals surface area contributed by atoms with Gasteiger partial charge >= 0.3 is 0 Å². The molecule has 1 aromatic heterocycles. The largest absolute Gasteiger partial charge is 0.241 e. The Morgan fingerprint density at radius 3 is 2.61 bits per heavy atom. The topological polar surface area (TPSA) is 12.9 Å². The third-order valence-electron chi connectivity index (χ3n) is 2.79. The molecule has 18 heavy (non-hydrogen) atoms. The van der Waals surface area contributed by atoms with Crippen molar-refractivity contribution in [1.29, 1.82) is 0 Å². The van der Waals surface area contributed by atoms with Gasteiger partial charge in [-0.3, -0.25) is 0 Å². The third kappa shape index (κ3) is 3.56. The van der Waals surface area contributed by atoms with Gasteiger partial charge in [0.2, 0.25) is 0 Å². The Balaban J connectivity index is 2.14. The first-order valence-corrected chi connectivity index (χ1v) is 7.41. The molecule has 0 unspecified atom stereocenters. The van der Waals surface area contributed by atoms with Gasteiger partial charge in [-0.25, -0.2) is 4.98 Å². The van der Waals surface area contributed by atoms with E-state index in [2.05, 4.69) is 31.1 Å². The molecule has 0 fully saturated rings. The highest BCUT2D eigenvalue weighted by atomic mass is 35.5. The maximum absolute atomic E-state index is 6.18. The Hall–Kier alpha value is -0.860. The van der Waals surface area contributed by atoms with E-state index in [0.29, 0.717) is 5.41 Å². The van der Waals surface area contributed by atoms with Crippen LogP contribution in [0.3, 0.4) is 0 Å². The fraction of sp³-hybridized carbons (Fsp3) is 0.400. The normalized spacial score (nSPS) is 11.8. The Morgan fingerprint density at radius 2 is 1.94 bits per heavy atom. The van der Waals surface area contributed by atoms with Gasteiger partial charge in [-0.1, -0.05) is 50.6 Å². The summed E-state index contributed by atoms with van der Waals surface area (Å²) < 4.78 is 0. The van der Waals surface area contributed by atoms with Gasteiger partial charge in [0.05, 0.1) is 10.7 Å². The van der Waals surface area contributed by atoms with Gasteiger partial charge in [0, 0.05) is 10.9 Å². The second-order valence-electron chi connectivity index (χ2n) is 5.68. The van der Waals surface area contributed by atoms with Crippen molar-refractivity contribution < 1.29 is 0 Å². The zero-order valence-corrected chi connectivity index (χ0v) is 12.6. The van der Waals surface area contributed by atoms with Gasteiger partial charge in [0.15, 0.2) is 0 Å². The number of benzene rings is 1. The molecule has 0 N–H and O–H groups in total. The molecule has 2 aromatic rings. The first-order valence-electron chi connectivity index (χ1n) is 6.15. The van der Waals surface area contributed by atoms with Crippen LogP contribution in [0.25, 0.3) is 10.6 Å². The SMILES string of the molecule is CC(C)(C)CCc1csc(-c2ccccc2Cl)n1. The van der Waals surface area contributed by atoms with Crippen molar-refractivity contribution in [3.8, 4) is 10.6 Å². The quantitative estimate of drug-likeness (QED) is 0.729. The highest BCUT2D eigenvalue weighted by molar-refractivity contribution is 7.13. The van der Waals surface area contributed by atoms with Crippen molar-refractivity contribution in [3.63, 3.8) is 0 Å². The fourth-order valence-electron chi connectivity index (χ4n) is 1.68. The molecule has 0 bridgehead atoms. The Bertz CT molecular complexity index is 525. The van der Waals surface area contributed by atoms with Crippen LogP contribution >= 0.6 is 22.9 Å². The lowest BCUT2D eigenvalue weighted by Crippen LogP contribution is -2.06. The average Bonchev–Trinajstić information content (AvgIpc) is 2.75. The predicted octanol–water partition coefficient (Wildman–Crippen LogP) is 5.44. The van der Waals surface area contributed by atoms with E-state index in [4.69, 9.17) is 11.6 Å². The lowest BCUT2D eigenvalue weighted by molar-refractivity contribution is 0.377. The number of hydrogen-bond donors (Lipinski definition) is 0. The summed E-state index contributed by atoms with van der Waals surface area (Å²) in [7, 11) is 0. The molecule has 1 heterocycles. The summed E-state index contributed by atoms with van der Waals surface area (Å²) >= 11 is 7.86. The van der Waals surface area contributed by atoms with Crippen molar-refractivity contribution >= 4 is 22.9 Å². The molecule has 0 saturated heterocycles. The number of thiazole rings is 1. The van der Waals surface area contributed by atoms with Crippen LogP contribution in [-0.2, 0) is 6.42 Å². The predicted molar refractivity (Wildman–Crippen MR) is 80.3 cm³/mol. The average molecular weight is 280 g/mol. The van der Waals surface area contributed by atoms with Crippen molar-refractivity contribution in [1.82, 2.24) is 4.98 Å². The van der Waals surface area contributed by atoms with E-state index in [0.717, 1.165) is 28.4 Å². The molecule has 0 aliphatic heterocycles. The van der Waals surface area contributed by atoms with Crippen LogP contribution in [0.2, 0.25) is 5.02 Å². The summed E-state index contributed by atoms with van der Waals surface area (Å²) in [5.41, 5.74) is 2.56. The van der Waals surface area contributed by atoms with Gasteiger partial charge < -0.3 is 0 Å². The second kappa shape index (κ2) is 5.41. The lowest BCUT2D eigenvalue weighted by atomic mass is 9.90. The molecule has 0 amide bonds. The van der Waals surface area contributed by atoms with E-state index in [1.807, 2.05) is 24.3 Å². The van der Waals surface area contributed by atoms with Crippen LogP contribution in [0.5, 0.6) is 0 Å². The van der Waals surface area contributed by atoms with Crippen LogP contribution in [0.15, 0.2) is 29.6 Å². The maximum Gasteiger partial charge on any atom is 0.125 e. The van der Waals surface area contributed by atoms with Crippen molar-refractivity contribution in [2.24, 2.45) is 5.41 Å². The van der Waals surface area contributed by atoms with E-state index in [1.54, 1.807) is 11.3 Å². The minimum absolute atomic E-state index is 0.355. The first kappa shape index (κ1) is 13.6. The van der Waals surface area contributed by atoms with Crippen LogP contribution < -0.4 is 0 Å². The third-order valence-corrected chi connectivity index (χ3v) is 4.04. The van der Waals surface area contributed by atoms with Gasteiger partial charge in [0.1, 0.15) is 5.01 Å². The van der Waals surface area contributed by atoms with E-state index in [1.165, 1.54) is 5.69 Å². The molecule has 0 radical (unpaired) electrons. The Kier molecular flexibility index (Phi) is 4.08. The fourth-order valence-corrected chi connectivity index (χ4v) is 2.86. The minimum atomic E-state index is 0.355. The molecule has 0 aliphatic rings. The summed E-state index contributed by atoms with van der Waals surface area (Å²) in [4.78, 5) is 4.68. The Labute approximate surface area is 118 Å². The summed E-state index contributed by atoms with van der Waals surface area (Å²) in [5.74, 6) is 0. The van der Waals surface area contributed by atoms with E-state index >= 15 is 0 Å². The molecule has 0 saturated carbocycles. The highest BCUT2D eigenvalue weighted by Gasteiger charge is 2.12. The minimum Gasteiger partial charge on any atom is -0.241 e. The number of rotatable bonds is 3. The Morgan fingerprint density at radius 1 is 1.22 bits per heavy atom. The number of aryl methyl sites for hydroxylation is 1. The summed E-state index contributed by atoms with van der Waals surface area (Å²) in [5, 5.41) is 3.93. The smallest absolute Gasteiger partial charge is 0.125 e. The standard InChI is InChI=1S/C15H18ClNS/c1-15(2,3)9-8-11-10-18-14(17-11)12-6-4-5-7-13(12)16/h4-7,10H,8-9H2,1-3H3. The molecule has 1 aromatic carbocycles. The van der Waals surface area contributed by atoms with Crippen LogP contribution in [-0.4, -0.2) is 4.98 Å². The summed E-state index contributed by atoms with van der Waals surface area (Å²) in [6.07, 6.45) is 2.18. The van der Waals surface area contributed by atoms with Crippen LogP contribution in [0, 0.1) is 5.41 Å². The molecule has 1 nitrogen and oxygen atoms in total. The second-order valence-corrected chi connectivity index (χ2v) is 6.95. The maximum atomic E-state index is 6.18. The molecular weight excluding hydrogens is 262 g/mol. The van der Waals surface area contributed by atoms with Gasteiger partial charge in [-0.05, 0) is 24.3 Å². The number of hydrogen-bond acceptors (Lipinski definition) is 2. The van der Waals surface area contributed by atoms with Crippen molar-refractivity contribution in [3.05, 3.63) is 40.4 Å². The van der Waals surface area contributed by atoms with Gasteiger partial charge in [0.25, 0.3) is 0 Å².